The van der Waals surface area contributed by atoms with Crippen LogP contribution in [0.4, 0.5) is 19.4 Å². The van der Waals surface area contributed by atoms with Gasteiger partial charge in [-0.3, -0.25) is 10.00 Å². The Bertz CT molecular complexity index is 1010. The van der Waals surface area contributed by atoms with Crippen molar-refractivity contribution in [2.45, 2.75) is 6.54 Å². The molecule has 1 N–H and O–H groups in total. The fraction of sp³-hybridized carbons (Fsp3) is 0.211. The molecule has 1 fully saturated rings. The third-order valence-electron chi connectivity index (χ3n) is 4.61. The zero-order valence-electron chi connectivity index (χ0n) is 15.0. The van der Waals surface area contributed by atoms with E-state index in [1.807, 2.05) is 0 Å². The molecule has 0 spiro atoms. The average molecular weight is 385 g/mol. The van der Waals surface area contributed by atoms with Crippen LogP contribution in [0.5, 0.6) is 5.88 Å². The minimum atomic E-state index is -0.932. The van der Waals surface area contributed by atoms with E-state index in [9.17, 15) is 13.6 Å². The maximum Gasteiger partial charge on any atom is 0.326 e. The highest BCUT2D eigenvalue weighted by molar-refractivity contribution is 5.93. The first-order valence-electron chi connectivity index (χ1n) is 8.62. The average Bonchev–Trinajstić information content (AvgIpc) is 3.36. The number of aromatic nitrogens is 3. The summed E-state index contributed by atoms with van der Waals surface area (Å²) in [6.45, 7) is 0.752. The highest BCUT2D eigenvalue weighted by atomic mass is 19.2. The molecular weight excluding hydrogens is 368 g/mol. The zero-order chi connectivity index (χ0) is 19.7. The lowest BCUT2D eigenvalue weighted by Crippen LogP contribution is -2.32. The predicted octanol–water partition coefficient (Wildman–Crippen LogP) is 3.20. The van der Waals surface area contributed by atoms with E-state index in [1.165, 1.54) is 29.0 Å². The van der Waals surface area contributed by atoms with E-state index in [4.69, 9.17) is 4.74 Å². The highest BCUT2D eigenvalue weighted by Crippen LogP contribution is 2.31. The van der Waals surface area contributed by atoms with Gasteiger partial charge in [-0.25, -0.2) is 13.6 Å². The number of pyridine rings is 1. The summed E-state index contributed by atoms with van der Waals surface area (Å²) in [5, 5.41) is 6.64. The molecule has 0 saturated carbocycles. The number of nitrogens with zero attached hydrogens (tertiary/aromatic N) is 4. The van der Waals surface area contributed by atoms with Gasteiger partial charge in [0.1, 0.15) is 5.82 Å². The second-order valence-corrected chi connectivity index (χ2v) is 6.28. The van der Waals surface area contributed by atoms with Crippen LogP contribution >= 0.6 is 0 Å². The van der Waals surface area contributed by atoms with Crippen molar-refractivity contribution in [1.82, 2.24) is 20.1 Å². The molecule has 0 aliphatic carbocycles. The van der Waals surface area contributed by atoms with E-state index in [-0.39, 0.29) is 18.1 Å². The number of hydrogen-bond donors (Lipinski definition) is 1. The van der Waals surface area contributed by atoms with Crippen LogP contribution in [0.15, 0.2) is 42.7 Å². The molecule has 1 saturated heterocycles. The van der Waals surface area contributed by atoms with Gasteiger partial charge in [-0.15, -0.1) is 0 Å². The molecule has 7 nitrogen and oxygen atoms in total. The molecule has 0 unspecified atom stereocenters. The fourth-order valence-corrected chi connectivity index (χ4v) is 3.17. The zero-order valence-corrected chi connectivity index (χ0v) is 15.0. The molecule has 144 valence electrons. The molecule has 1 aliphatic rings. The molecule has 3 aromatic rings. The number of hydrogen-bond acceptors (Lipinski definition) is 4. The summed E-state index contributed by atoms with van der Waals surface area (Å²) in [4.78, 5) is 20.1. The number of amides is 2. The lowest BCUT2D eigenvalue weighted by molar-refractivity contribution is 0.218. The third kappa shape index (κ3) is 3.15. The number of carbonyl (C=O) groups excluding carboxylic acids is 1. The molecule has 0 bridgehead atoms. The van der Waals surface area contributed by atoms with Crippen LogP contribution in [-0.4, -0.2) is 46.3 Å². The van der Waals surface area contributed by atoms with Gasteiger partial charge in [0.2, 0.25) is 5.88 Å². The number of ether oxygens (including phenoxy) is 1. The quantitative estimate of drug-likeness (QED) is 0.732. The van der Waals surface area contributed by atoms with Crippen molar-refractivity contribution in [3.63, 3.8) is 0 Å². The Kier molecular flexibility index (Phi) is 4.64. The van der Waals surface area contributed by atoms with Crippen molar-refractivity contribution < 1.29 is 18.3 Å². The van der Waals surface area contributed by atoms with E-state index in [2.05, 4.69) is 15.2 Å². The number of H-pyrrole nitrogens is 1. The van der Waals surface area contributed by atoms with E-state index in [1.54, 1.807) is 24.5 Å². The summed E-state index contributed by atoms with van der Waals surface area (Å²) in [6.07, 6.45) is 3.37. The number of nitrogens with one attached hydrogen (secondary N) is 1. The van der Waals surface area contributed by atoms with Gasteiger partial charge >= 0.3 is 6.03 Å². The molecule has 4 rings (SSSR count). The molecular formula is C19H17F2N5O2. The normalized spacial score (nSPS) is 14.0. The van der Waals surface area contributed by atoms with Gasteiger partial charge in [-0.2, -0.15) is 10.1 Å². The van der Waals surface area contributed by atoms with Gasteiger partial charge in [0, 0.05) is 36.0 Å². The van der Waals surface area contributed by atoms with Crippen molar-refractivity contribution in [3.8, 4) is 17.0 Å². The minimum absolute atomic E-state index is 0.0107. The first-order chi connectivity index (χ1) is 13.6. The van der Waals surface area contributed by atoms with Gasteiger partial charge in [0.25, 0.3) is 0 Å². The van der Waals surface area contributed by atoms with E-state index in [0.29, 0.717) is 24.8 Å². The molecule has 28 heavy (non-hydrogen) atoms. The first kappa shape index (κ1) is 17.9. The Balaban J connectivity index is 1.56. The standard InChI is InChI=1S/C19H17F2N5O2/c1-28-18-14(13-9-22-23-10-13)5-6-16(24-18)26-8-7-25(19(26)27)11-12-3-2-4-15(20)17(12)21/h2-6,9-10H,7-8,11H2,1H3,(H,22,23). The van der Waals surface area contributed by atoms with Crippen LogP contribution < -0.4 is 9.64 Å². The predicted molar refractivity (Wildman–Crippen MR) is 97.9 cm³/mol. The van der Waals surface area contributed by atoms with Crippen molar-refractivity contribution in [2.24, 2.45) is 0 Å². The van der Waals surface area contributed by atoms with Crippen LogP contribution in [0.1, 0.15) is 5.56 Å². The van der Waals surface area contributed by atoms with E-state index in [0.717, 1.165) is 17.2 Å². The van der Waals surface area contributed by atoms with Gasteiger partial charge in [-0.05, 0) is 18.2 Å². The number of carbonyl (C=O) groups is 1. The third-order valence-corrected chi connectivity index (χ3v) is 4.61. The number of methoxy groups -OCH3 is 1. The number of urea groups is 1. The van der Waals surface area contributed by atoms with E-state index >= 15 is 0 Å². The summed E-state index contributed by atoms with van der Waals surface area (Å²) in [5.74, 6) is -1.07. The summed E-state index contributed by atoms with van der Waals surface area (Å²) in [5.41, 5.74) is 1.69. The van der Waals surface area contributed by atoms with Crippen LogP contribution in [0.25, 0.3) is 11.1 Å². The second kappa shape index (κ2) is 7.26. The number of benzene rings is 1. The lowest BCUT2D eigenvalue weighted by Gasteiger charge is -2.19. The summed E-state index contributed by atoms with van der Waals surface area (Å²) in [7, 11) is 1.50. The Hall–Kier alpha value is -3.49. The van der Waals surface area contributed by atoms with Gasteiger partial charge in [-0.1, -0.05) is 12.1 Å². The highest BCUT2D eigenvalue weighted by Gasteiger charge is 2.31. The smallest absolute Gasteiger partial charge is 0.326 e. The molecule has 1 aliphatic heterocycles. The topological polar surface area (TPSA) is 74.3 Å². The molecule has 0 atom stereocenters. The van der Waals surface area contributed by atoms with Crippen LogP contribution in [0.2, 0.25) is 0 Å². The minimum Gasteiger partial charge on any atom is -0.480 e. The molecule has 9 heteroatoms. The van der Waals surface area contributed by atoms with Gasteiger partial charge in [0.15, 0.2) is 11.6 Å². The van der Waals surface area contributed by atoms with Crippen LogP contribution in [-0.2, 0) is 6.54 Å². The molecule has 1 aromatic carbocycles. The monoisotopic (exact) mass is 385 g/mol. The van der Waals surface area contributed by atoms with E-state index < -0.39 is 11.6 Å². The summed E-state index contributed by atoms with van der Waals surface area (Å²) >= 11 is 0. The summed E-state index contributed by atoms with van der Waals surface area (Å²) < 4.78 is 32.7. The lowest BCUT2D eigenvalue weighted by atomic mass is 10.1. The van der Waals surface area contributed by atoms with Crippen molar-refractivity contribution >= 4 is 11.8 Å². The number of halogens is 2. The maximum absolute atomic E-state index is 13.9. The summed E-state index contributed by atoms with van der Waals surface area (Å²) in [6, 6.07) is 7.13. The Morgan fingerprint density at radius 3 is 2.82 bits per heavy atom. The van der Waals surface area contributed by atoms with Crippen molar-refractivity contribution in [2.75, 3.05) is 25.1 Å². The SMILES string of the molecule is COc1nc(N2CCN(Cc3cccc(F)c3F)C2=O)ccc1-c1cn[nH]c1. The number of anilines is 1. The van der Waals surface area contributed by atoms with Crippen molar-refractivity contribution in [1.29, 1.82) is 0 Å². The number of aromatic amines is 1. The van der Waals surface area contributed by atoms with Gasteiger partial charge in [0.05, 0.1) is 19.9 Å². The molecule has 3 heterocycles. The molecule has 2 aromatic heterocycles. The van der Waals surface area contributed by atoms with Crippen LogP contribution in [0, 0.1) is 11.6 Å². The fourth-order valence-electron chi connectivity index (χ4n) is 3.17. The van der Waals surface area contributed by atoms with Crippen molar-refractivity contribution in [3.05, 3.63) is 59.9 Å². The Morgan fingerprint density at radius 2 is 2.07 bits per heavy atom. The molecule has 0 radical (unpaired) electrons. The molecule has 2 amide bonds. The number of rotatable bonds is 5. The van der Waals surface area contributed by atoms with Crippen LogP contribution in [0.3, 0.4) is 0 Å². The maximum atomic E-state index is 13.9. The largest absolute Gasteiger partial charge is 0.480 e. The Morgan fingerprint density at radius 1 is 1.21 bits per heavy atom. The Labute approximate surface area is 159 Å². The second-order valence-electron chi connectivity index (χ2n) is 6.28. The van der Waals surface area contributed by atoms with Gasteiger partial charge < -0.3 is 9.64 Å². The first-order valence-corrected chi connectivity index (χ1v) is 8.62.